The molecule has 144 valence electrons. The molecular weight excluding hydrogens is 387 g/mol. The number of aliphatic hydroxyl groups is 1. The Morgan fingerprint density at radius 2 is 2.03 bits per heavy atom. The van der Waals surface area contributed by atoms with Gasteiger partial charge in [0, 0.05) is 17.5 Å². The van der Waals surface area contributed by atoms with Crippen LogP contribution in [0.4, 0.5) is 4.39 Å². The van der Waals surface area contributed by atoms with Crippen molar-refractivity contribution in [1.29, 1.82) is 10.7 Å². The molecule has 0 fully saturated rings. The fourth-order valence-electron chi connectivity index (χ4n) is 3.31. The summed E-state index contributed by atoms with van der Waals surface area (Å²) in [4.78, 5) is 6.32. The predicted octanol–water partition coefficient (Wildman–Crippen LogP) is 4.97. The summed E-state index contributed by atoms with van der Waals surface area (Å²) in [7, 11) is 0. The van der Waals surface area contributed by atoms with Gasteiger partial charge in [0.25, 0.3) is 0 Å². The monoisotopic (exact) mass is 404 g/mol. The van der Waals surface area contributed by atoms with E-state index in [2.05, 4.69) is 11.1 Å². The van der Waals surface area contributed by atoms with E-state index in [1.54, 1.807) is 29.2 Å². The van der Waals surface area contributed by atoms with Gasteiger partial charge in [-0.2, -0.15) is 5.26 Å². The average Bonchev–Trinajstić information content (AvgIpc) is 3.28. The number of hydrogen-bond donors (Lipinski definition) is 2. The van der Waals surface area contributed by atoms with E-state index in [1.807, 2.05) is 24.4 Å². The first kappa shape index (κ1) is 18.8. The number of amidine groups is 1. The van der Waals surface area contributed by atoms with Crippen molar-refractivity contribution < 1.29 is 9.50 Å². The summed E-state index contributed by atoms with van der Waals surface area (Å²) >= 11 is 1.35. The molecule has 0 saturated heterocycles. The van der Waals surface area contributed by atoms with Crippen LogP contribution in [0.2, 0.25) is 0 Å². The van der Waals surface area contributed by atoms with E-state index < -0.39 is 6.04 Å². The van der Waals surface area contributed by atoms with Crippen molar-refractivity contribution in [3.8, 4) is 17.3 Å². The lowest BCUT2D eigenvalue weighted by atomic mass is 10.1. The number of nitrogens with zero attached hydrogens (tertiary/aromatic N) is 3. The summed E-state index contributed by atoms with van der Waals surface area (Å²) in [6, 6.07) is 15.0. The summed E-state index contributed by atoms with van der Waals surface area (Å²) in [6.07, 6.45) is 0. The van der Waals surface area contributed by atoms with Crippen LogP contribution in [0.3, 0.4) is 0 Å². The molecule has 3 aromatic rings. The third kappa shape index (κ3) is 3.50. The Morgan fingerprint density at radius 3 is 2.72 bits per heavy atom. The Kier molecular flexibility index (Phi) is 4.87. The molecule has 2 N–H and O–H groups in total. The van der Waals surface area contributed by atoms with E-state index in [9.17, 15) is 9.50 Å². The Labute approximate surface area is 171 Å². The molecule has 1 atom stereocenters. The Balaban J connectivity index is 1.60. The summed E-state index contributed by atoms with van der Waals surface area (Å²) in [5.74, 6) is -0.0719. The molecule has 7 heteroatoms. The zero-order valence-electron chi connectivity index (χ0n) is 15.6. The lowest BCUT2D eigenvalue weighted by molar-refractivity contribution is 0.281. The molecule has 0 bridgehead atoms. The first-order chi connectivity index (χ1) is 14.0. The van der Waals surface area contributed by atoms with Gasteiger partial charge in [0.2, 0.25) is 0 Å². The Morgan fingerprint density at radius 1 is 1.28 bits per heavy atom. The molecular formula is C22H17FN4OS. The minimum absolute atomic E-state index is 0.0899. The van der Waals surface area contributed by atoms with Crippen LogP contribution in [0, 0.1) is 22.6 Å². The number of halogens is 1. The molecule has 0 unspecified atom stereocenters. The molecule has 1 aliphatic heterocycles. The van der Waals surface area contributed by atoms with Crippen molar-refractivity contribution in [1.82, 2.24) is 9.88 Å². The van der Waals surface area contributed by atoms with Crippen LogP contribution in [-0.2, 0) is 6.54 Å². The molecule has 2 aromatic carbocycles. The van der Waals surface area contributed by atoms with E-state index >= 15 is 0 Å². The van der Waals surface area contributed by atoms with Gasteiger partial charge in [0.05, 0.1) is 28.9 Å². The van der Waals surface area contributed by atoms with Crippen LogP contribution in [0.1, 0.15) is 23.1 Å². The van der Waals surface area contributed by atoms with Crippen molar-refractivity contribution in [3.63, 3.8) is 0 Å². The number of nitrogens with one attached hydrogen (secondary N) is 1. The highest BCUT2D eigenvalue weighted by Crippen LogP contribution is 2.35. The molecule has 0 aliphatic carbocycles. The van der Waals surface area contributed by atoms with Crippen molar-refractivity contribution >= 4 is 22.7 Å². The highest BCUT2D eigenvalue weighted by molar-refractivity contribution is 7.11. The molecule has 5 nitrogen and oxygen atoms in total. The zero-order chi connectivity index (χ0) is 20.5. The summed E-state index contributed by atoms with van der Waals surface area (Å²) in [5, 5.41) is 30.6. The second-order valence-corrected chi connectivity index (χ2v) is 7.63. The van der Waals surface area contributed by atoms with Gasteiger partial charge in [0.15, 0.2) is 0 Å². The maximum absolute atomic E-state index is 13.5. The van der Waals surface area contributed by atoms with Crippen LogP contribution >= 0.6 is 11.3 Å². The van der Waals surface area contributed by atoms with Gasteiger partial charge in [-0.3, -0.25) is 5.41 Å². The zero-order valence-corrected chi connectivity index (χ0v) is 16.4. The second-order valence-electron chi connectivity index (χ2n) is 6.77. The van der Waals surface area contributed by atoms with Gasteiger partial charge in [-0.05, 0) is 36.8 Å². The van der Waals surface area contributed by atoms with Crippen molar-refractivity contribution in [2.75, 3.05) is 0 Å². The second kappa shape index (κ2) is 7.49. The van der Waals surface area contributed by atoms with E-state index in [0.717, 1.165) is 16.8 Å². The number of benzene rings is 2. The minimum Gasteiger partial charge on any atom is -0.509 e. The molecule has 1 aromatic heterocycles. The number of hydrogen-bond acceptors (Lipinski definition) is 5. The topological polar surface area (TPSA) is 84.0 Å². The quantitative estimate of drug-likeness (QED) is 0.643. The summed E-state index contributed by atoms with van der Waals surface area (Å²) < 4.78 is 13.5. The number of aliphatic hydroxyl groups excluding tert-OH is 1. The standard InChI is InChI=1S/C22H17FN4OS/c1-13-20(28)19(21(25)27(13)11-15-3-2-4-17(23)9-15)22-26-18(12-29-22)16-7-5-14(10-24)6-8-16/h2-9,12-13,25,28H,11H2,1H3/t13-/m1/s1. The summed E-state index contributed by atoms with van der Waals surface area (Å²) in [5.41, 5.74) is 3.29. The maximum Gasteiger partial charge on any atom is 0.135 e. The molecule has 0 spiro atoms. The van der Waals surface area contributed by atoms with Gasteiger partial charge in [-0.15, -0.1) is 11.3 Å². The molecule has 29 heavy (non-hydrogen) atoms. The van der Waals surface area contributed by atoms with E-state index in [1.165, 1.54) is 23.5 Å². The van der Waals surface area contributed by atoms with Crippen LogP contribution in [0.15, 0.2) is 59.7 Å². The van der Waals surface area contributed by atoms with Crippen molar-refractivity contribution in [2.45, 2.75) is 19.5 Å². The largest absolute Gasteiger partial charge is 0.509 e. The number of thiazole rings is 1. The van der Waals surface area contributed by atoms with Crippen molar-refractivity contribution in [3.05, 3.63) is 81.6 Å². The first-order valence-corrected chi connectivity index (χ1v) is 9.85. The highest BCUT2D eigenvalue weighted by atomic mass is 32.1. The molecule has 1 aliphatic rings. The average molecular weight is 404 g/mol. The predicted molar refractivity (Wildman–Crippen MR) is 111 cm³/mol. The number of rotatable bonds is 4. The fraction of sp³-hybridized carbons (Fsp3) is 0.136. The van der Waals surface area contributed by atoms with Crippen LogP contribution < -0.4 is 0 Å². The van der Waals surface area contributed by atoms with Crippen molar-refractivity contribution in [2.24, 2.45) is 0 Å². The number of aromatic nitrogens is 1. The van der Waals surface area contributed by atoms with Crippen LogP contribution in [-0.4, -0.2) is 26.9 Å². The van der Waals surface area contributed by atoms with E-state index in [4.69, 9.17) is 10.7 Å². The van der Waals surface area contributed by atoms with E-state index in [0.29, 0.717) is 22.7 Å². The van der Waals surface area contributed by atoms with E-state index in [-0.39, 0.29) is 17.4 Å². The number of nitriles is 1. The molecule has 4 rings (SSSR count). The molecule has 2 heterocycles. The normalized spacial score (nSPS) is 16.4. The van der Waals surface area contributed by atoms with Gasteiger partial charge in [-0.1, -0.05) is 24.3 Å². The SMILES string of the molecule is C[C@@H]1C(O)=C(c2nc(-c3ccc(C#N)cc3)cs2)C(=N)N1Cc1cccc(F)c1. The van der Waals surface area contributed by atoms with Gasteiger partial charge < -0.3 is 10.0 Å². The lowest BCUT2D eigenvalue weighted by Crippen LogP contribution is -2.32. The third-order valence-corrected chi connectivity index (χ3v) is 5.77. The first-order valence-electron chi connectivity index (χ1n) is 8.97. The maximum atomic E-state index is 13.5. The third-order valence-electron chi connectivity index (χ3n) is 4.91. The highest BCUT2D eigenvalue weighted by Gasteiger charge is 2.36. The Bertz CT molecular complexity index is 1160. The molecule has 0 saturated carbocycles. The van der Waals surface area contributed by atoms with Gasteiger partial charge in [0.1, 0.15) is 22.4 Å². The van der Waals surface area contributed by atoms with Gasteiger partial charge in [-0.25, -0.2) is 9.37 Å². The van der Waals surface area contributed by atoms with Crippen LogP contribution in [0.5, 0.6) is 0 Å². The van der Waals surface area contributed by atoms with Gasteiger partial charge >= 0.3 is 0 Å². The Hall–Kier alpha value is -3.50. The lowest BCUT2D eigenvalue weighted by Gasteiger charge is -2.24. The fourth-order valence-corrected chi connectivity index (χ4v) is 4.19. The van der Waals surface area contributed by atoms with Crippen LogP contribution in [0.25, 0.3) is 16.8 Å². The minimum atomic E-state index is -0.400. The molecule has 0 amide bonds. The molecule has 0 radical (unpaired) electrons. The summed E-state index contributed by atoms with van der Waals surface area (Å²) in [6.45, 7) is 2.13. The smallest absolute Gasteiger partial charge is 0.135 e.